The van der Waals surface area contributed by atoms with Crippen LogP contribution in [0.4, 0.5) is 23.4 Å². The number of rotatable bonds is 7. The maximum absolute atomic E-state index is 14.8. The van der Waals surface area contributed by atoms with Gasteiger partial charge in [-0.3, -0.25) is 19.9 Å². The van der Waals surface area contributed by atoms with Crippen LogP contribution in [0.15, 0.2) is 24.5 Å². The highest BCUT2D eigenvalue weighted by Gasteiger charge is 2.49. The number of hydrogen-bond acceptors (Lipinski definition) is 10. The lowest BCUT2D eigenvalue weighted by atomic mass is 9.94. The van der Waals surface area contributed by atoms with Crippen LogP contribution in [-0.4, -0.2) is 109 Å². The van der Waals surface area contributed by atoms with E-state index in [9.17, 15) is 22.7 Å². The van der Waals surface area contributed by atoms with Crippen LogP contribution in [0.3, 0.4) is 0 Å². The Hall–Kier alpha value is -3.66. The molecule has 4 saturated heterocycles. The van der Waals surface area contributed by atoms with Gasteiger partial charge in [0.1, 0.15) is 23.4 Å². The highest BCUT2D eigenvalue weighted by molar-refractivity contribution is 7.26. The second kappa shape index (κ2) is 11.7. The van der Waals surface area contributed by atoms with Gasteiger partial charge in [0.2, 0.25) is 0 Å². The van der Waals surface area contributed by atoms with Crippen LogP contribution in [0.1, 0.15) is 50.2 Å². The number of alkyl halides is 4. The van der Waals surface area contributed by atoms with Crippen LogP contribution in [0, 0.1) is 6.92 Å². The number of ether oxygens (including phenoxy) is 1. The molecule has 5 aromatic rings. The van der Waals surface area contributed by atoms with E-state index >= 15 is 0 Å². The van der Waals surface area contributed by atoms with Gasteiger partial charge in [0.05, 0.1) is 44.7 Å². The van der Waals surface area contributed by atoms with E-state index in [0.29, 0.717) is 58.9 Å². The molecule has 4 aromatic heterocycles. The van der Waals surface area contributed by atoms with Gasteiger partial charge in [0.15, 0.2) is 0 Å². The number of halogens is 4. The lowest BCUT2D eigenvalue weighted by Gasteiger charge is -2.42. The molecule has 0 amide bonds. The number of nitrogens with one attached hydrogen (secondary N) is 1. The van der Waals surface area contributed by atoms with E-state index in [-0.39, 0.29) is 41.5 Å². The first-order valence-electron chi connectivity index (χ1n) is 17.3. The third-order valence-corrected chi connectivity index (χ3v) is 12.4. The molecule has 0 spiro atoms. The van der Waals surface area contributed by atoms with Crippen molar-refractivity contribution in [1.29, 1.82) is 0 Å². The number of piperazine rings is 1. The van der Waals surface area contributed by atoms with Crippen molar-refractivity contribution in [3.63, 3.8) is 0 Å². The Labute approximate surface area is 289 Å². The number of thiophene rings is 1. The van der Waals surface area contributed by atoms with Gasteiger partial charge in [0, 0.05) is 67.2 Å². The number of hydrogen-bond donors (Lipinski definition) is 2. The van der Waals surface area contributed by atoms with E-state index in [1.807, 2.05) is 13.0 Å². The second-order valence-corrected chi connectivity index (χ2v) is 15.6. The van der Waals surface area contributed by atoms with Crippen molar-refractivity contribution < 1.29 is 27.4 Å². The maximum Gasteiger partial charge on any atom is 0.417 e. The molecule has 50 heavy (non-hydrogen) atoms. The average Bonchev–Trinajstić information content (AvgIpc) is 3.86. The summed E-state index contributed by atoms with van der Waals surface area (Å²) in [6, 6.07) is 3.93. The molecule has 264 valence electrons. The summed E-state index contributed by atoms with van der Waals surface area (Å²) in [7, 11) is 0. The maximum atomic E-state index is 14.8. The predicted octanol–water partition coefficient (Wildman–Crippen LogP) is 6.10. The molecular formula is C35H38F4N8O2S. The number of nitrogens with zero attached hydrogens (tertiary/aromatic N) is 7. The molecule has 0 saturated carbocycles. The first kappa shape index (κ1) is 32.3. The monoisotopic (exact) mass is 710 g/mol. The quantitative estimate of drug-likeness (QED) is 0.194. The van der Waals surface area contributed by atoms with Crippen molar-refractivity contribution in [3.05, 3.63) is 35.7 Å². The lowest BCUT2D eigenvalue weighted by molar-refractivity contribution is -0.137. The van der Waals surface area contributed by atoms with E-state index in [1.165, 1.54) is 30.5 Å². The predicted molar refractivity (Wildman–Crippen MR) is 183 cm³/mol. The highest BCUT2D eigenvalue weighted by atomic mass is 32.1. The number of aliphatic hydroxyl groups excluding tert-OH is 1. The molecular weight excluding hydrogens is 672 g/mol. The molecule has 3 unspecified atom stereocenters. The number of benzene rings is 1. The number of fused-ring (bicyclic) bond motifs is 7. The largest absolute Gasteiger partial charge is 0.461 e. The number of aryl methyl sites for hydroxylation is 1. The van der Waals surface area contributed by atoms with Crippen molar-refractivity contribution in [2.24, 2.45) is 0 Å². The average molecular weight is 711 g/mol. The third kappa shape index (κ3) is 5.14. The summed E-state index contributed by atoms with van der Waals surface area (Å²) < 4.78 is 65.8. The Kier molecular flexibility index (Phi) is 7.54. The van der Waals surface area contributed by atoms with Gasteiger partial charge in [-0.05, 0) is 63.8 Å². The number of anilines is 1. The zero-order valence-corrected chi connectivity index (χ0v) is 28.6. The third-order valence-electron chi connectivity index (χ3n) is 11.3. The van der Waals surface area contributed by atoms with Crippen molar-refractivity contribution in [2.75, 3.05) is 44.2 Å². The minimum absolute atomic E-state index is 0.0170. The fourth-order valence-corrected chi connectivity index (χ4v) is 10.4. The number of aliphatic hydroxyl groups is 1. The van der Waals surface area contributed by atoms with Crippen molar-refractivity contribution in [1.82, 2.24) is 34.9 Å². The standard InChI is InChI=1S/C35H38F4N8O2S/c1-18-10-25-24(12-41-44-25)26(28(18)35(37,38)39)29-30-23(6-8-40-29)27-31(45-15-21-4-5-22(16-45)47(21)13-19(2)48)42-33(43-32(27)50-30)49-17-34-7-3-9-46(34)14-20(36)11-34/h6,8,10,12,19-22,48H,3-5,7,9,11,13-17H2,1-2H3,(H,41,44)/t19?,20-,21?,22?,34+/m1/s1. The van der Waals surface area contributed by atoms with Crippen LogP contribution in [0.25, 0.3) is 42.5 Å². The Bertz CT molecular complexity index is 2110. The summed E-state index contributed by atoms with van der Waals surface area (Å²) in [5.74, 6) is 0.673. The molecule has 8 heterocycles. The number of aromatic amines is 1. The van der Waals surface area contributed by atoms with E-state index < -0.39 is 29.6 Å². The molecule has 2 bridgehead atoms. The zero-order chi connectivity index (χ0) is 34.5. The van der Waals surface area contributed by atoms with Crippen LogP contribution in [0.5, 0.6) is 6.01 Å². The highest BCUT2D eigenvalue weighted by Crippen LogP contribution is 2.49. The summed E-state index contributed by atoms with van der Waals surface area (Å²) >= 11 is 1.28. The van der Waals surface area contributed by atoms with Crippen molar-refractivity contribution in [3.8, 4) is 17.3 Å². The van der Waals surface area contributed by atoms with Gasteiger partial charge >= 0.3 is 12.2 Å². The molecule has 4 aliphatic heterocycles. The Morgan fingerprint density at radius 1 is 1.16 bits per heavy atom. The van der Waals surface area contributed by atoms with Crippen LogP contribution in [0.2, 0.25) is 0 Å². The van der Waals surface area contributed by atoms with Crippen LogP contribution in [-0.2, 0) is 6.18 Å². The Morgan fingerprint density at radius 2 is 1.96 bits per heavy atom. The summed E-state index contributed by atoms with van der Waals surface area (Å²) in [6.45, 7) is 6.72. The molecule has 15 heteroatoms. The van der Waals surface area contributed by atoms with E-state index in [0.717, 1.165) is 43.0 Å². The van der Waals surface area contributed by atoms with Gasteiger partial charge in [-0.25, -0.2) is 4.39 Å². The number of pyridine rings is 1. The van der Waals surface area contributed by atoms with Gasteiger partial charge in [-0.15, -0.1) is 11.3 Å². The van der Waals surface area contributed by atoms with Gasteiger partial charge in [-0.2, -0.15) is 28.2 Å². The molecule has 10 nitrogen and oxygen atoms in total. The Balaban J connectivity index is 1.20. The molecule has 1 aromatic carbocycles. The molecule has 9 rings (SSSR count). The van der Waals surface area contributed by atoms with Gasteiger partial charge in [0.25, 0.3) is 0 Å². The van der Waals surface area contributed by atoms with E-state index in [2.05, 4.69) is 29.9 Å². The molecule has 0 aliphatic carbocycles. The van der Waals surface area contributed by atoms with E-state index in [1.54, 1.807) is 6.20 Å². The van der Waals surface area contributed by atoms with E-state index in [4.69, 9.17) is 14.7 Å². The summed E-state index contributed by atoms with van der Waals surface area (Å²) in [5.41, 5.74) is -0.368. The minimum Gasteiger partial charge on any atom is -0.461 e. The van der Waals surface area contributed by atoms with Gasteiger partial charge in [-0.1, -0.05) is 0 Å². The smallest absolute Gasteiger partial charge is 0.417 e. The fourth-order valence-electron chi connectivity index (χ4n) is 9.29. The number of H-pyrrole nitrogens is 1. The molecule has 2 N–H and O–H groups in total. The topological polar surface area (TPSA) is 107 Å². The summed E-state index contributed by atoms with van der Waals surface area (Å²) in [5, 5.41) is 18.9. The van der Waals surface area contributed by atoms with Gasteiger partial charge < -0.3 is 14.7 Å². The fraction of sp³-hybridized carbons (Fsp3) is 0.543. The SMILES string of the molecule is Cc1cc2[nH]ncc2c(-c2nccc3c2sc2nc(OC[C@@]45CCCN4C[C@H](F)C5)nc(N4CC5CCC(C4)N5CC(C)O)c23)c1C(F)(F)F. The van der Waals surface area contributed by atoms with Crippen LogP contribution < -0.4 is 9.64 Å². The van der Waals surface area contributed by atoms with Crippen molar-refractivity contribution in [2.45, 2.75) is 82.0 Å². The molecule has 4 aliphatic rings. The molecule has 4 fully saturated rings. The summed E-state index contributed by atoms with van der Waals surface area (Å²) in [6.07, 6.45) is 1.24. The van der Waals surface area contributed by atoms with Crippen LogP contribution >= 0.6 is 11.3 Å². The Morgan fingerprint density at radius 3 is 2.72 bits per heavy atom. The molecule has 5 atom stereocenters. The first-order valence-corrected chi connectivity index (χ1v) is 18.1. The second-order valence-electron chi connectivity index (χ2n) is 14.6. The number of aromatic nitrogens is 5. The van der Waals surface area contributed by atoms with Crippen molar-refractivity contribution >= 4 is 48.4 Å². The summed E-state index contributed by atoms with van der Waals surface area (Å²) in [4.78, 5) is 21.9. The normalized spacial score (nSPS) is 26.5. The lowest BCUT2D eigenvalue weighted by Crippen LogP contribution is -2.55. The zero-order valence-electron chi connectivity index (χ0n) is 27.8. The first-order chi connectivity index (χ1) is 24.0. The minimum atomic E-state index is -4.63. The molecule has 0 radical (unpaired) electrons.